The first-order chi connectivity index (χ1) is 13.5. The molecule has 148 valence electrons. The van der Waals surface area contributed by atoms with Crippen molar-refractivity contribution < 1.29 is 14.3 Å². The van der Waals surface area contributed by atoms with Crippen molar-refractivity contribution in [3.63, 3.8) is 0 Å². The predicted molar refractivity (Wildman–Crippen MR) is 111 cm³/mol. The van der Waals surface area contributed by atoms with Crippen LogP contribution in [0.25, 0.3) is 11.1 Å². The van der Waals surface area contributed by atoms with Crippen LogP contribution in [0.3, 0.4) is 0 Å². The Morgan fingerprint density at radius 2 is 1.68 bits per heavy atom. The monoisotopic (exact) mass is 400 g/mol. The largest absolute Gasteiger partial charge is 0.415 e. The van der Waals surface area contributed by atoms with Gasteiger partial charge in [0.25, 0.3) is 0 Å². The third-order valence-electron chi connectivity index (χ3n) is 5.16. The molecule has 1 saturated carbocycles. The van der Waals surface area contributed by atoms with Crippen LogP contribution in [0.5, 0.6) is 5.75 Å². The van der Waals surface area contributed by atoms with E-state index in [9.17, 15) is 9.59 Å². The van der Waals surface area contributed by atoms with E-state index < -0.39 is 0 Å². The number of benzene rings is 2. The molecule has 2 aromatic rings. The van der Waals surface area contributed by atoms with Crippen molar-refractivity contribution in [1.82, 2.24) is 10.2 Å². The molecule has 1 aliphatic rings. The summed E-state index contributed by atoms with van der Waals surface area (Å²) < 4.78 is 5.51. The van der Waals surface area contributed by atoms with E-state index >= 15 is 0 Å². The average Bonchev–Trinajstić information content (AvgIpc) is 3.17. The number of nitrogens with zero attached hydrogens (tertiary/aromatic N) is 1. The highest BCUT2D eigenvalue weighted by atomic mass is 35.5. The molecular weight excluding hydrogens is 376 g/mol. The van der Waals surface area contributed by atoms with Gasteiger partial charge in [-0.05, 0) is 54.7 Å². The normalized spacial score (nSPS) is 18.5. The van der Waals surface area contributed by atoms with Crippen LogP contribution in [0.1, 0.15) is 32.6 Å². The molecule has 0 spiro atoms. The fraction of sp³-hybridized carbons (Fsp3) is 0.364. The first-order valence-electron chi connectivity index (χ1n) is 9.56. The van der Waals surface area contributed by atoms with Crippen LogP contribution in [0.2, 0.25) is 5.02 Å². The Morgan fingerprint density at radius 3 is 2.29 bits per heavy atom. The number of nitrogens with one attached hydrogen (secondary N) is 1. The Bertz CT molecular complexity index is 821. The molecule has 0 saturated heterocycles. The van der Waals surface area contributed by atoms with E-state index in [4.69, 9.17) is 16.3 Å². The number of hydrogen-bond donors (Lipinski definition) is 1. The van der Waals surface area contributed by atoms with Crippen LogP contribution in [0.15, 0.2) is 48.5 Å². The number of halogens is 1. The Labute approximate surface area is 170 Å². The van der Waals surface area contributed by atoms with Gasteiger partial charge in [0.1, 0.15) is 5.75 Å². The maximum absolute atomic E-state index is 12.5. The molecule has 1 aliphatic carbocycles. The summed E-state index contributed by atoms with van der Waals surface area (Å²) in [6, 6.07) is 15.2. The van der Waals surface area contributed by atoms with E-state index in [1.807, 2.05) is 43.3 Å². The average molecular weight is 401 g/mol. The molecule has 0 aromatic heterocycles. The zero-order valence-corrected chi connectivity index (χ0v) is 16.9. The molecule has 0 unspecified atom stereocenters. The molecule has 0 heterocycles. The fourth-order valence-electron chi connectivity index (χ4n) is 3.45. The molecule has 28 heavy (non-hydrogen) atoms. The number of carbonyl (C=O) groups is 2. The van der Waals surface area contributed by atoms with E-state index in [2.05, 4.69) is 5.32 Å². The Hall–Kier alpha value is -2.53. The number of rotatable bonds is 5. The van der Waals surface area contributed by atoms with Gasteiger partial charge in [-0.15, -0.1) is 0 Å². The minimum atomic E-state index is -0.383. The van der Waals surface area contributed by atoms with Crippen molar-refractivity contribution in [1.29, 1.82) is 0 Å². The zero-order valence-electron chi connectivity index (χ0n) is 16.2. The lowest BCUT2D eigenvalue weighted by Crippen LogP contribution is -2.39. The van der Waals surface area contributed by atoms with Gasteiger partial charge < -0.3 is 15.0 Å². The third kappa shape index (κ3) is 5.04. The second-order valence-corrected chi connectivity index (χ2v) is 7.53. The van der Waals surface area contributed by atoms with E-state index in [-0.39, 0.29) is 24.1 Å². The smallest absolute Gasteiger partial charge is 0.410 e. The van der Waals surface area contributed by atoms with Crippen LogP contribution >= 0.6 is 11.6 Å². The molecule has 6 heteroatoms. The van der Waals surface area contributed by atoms with Crippen LogP contribution < -0.4 is 10.1 Å². The van der Waals surface area contributed by atoms with Crippen molar-refractivity contribution in [3.05, 3.63) is 53.6 Å². The lowest BCUT2D eigenvalue weighted by Gasteiger charge is -2.24. The van der Waals surface area contributed by atoms with Gasteiger partial charge in [0, 0.05) is 30.6 Å². The first kappa shape index (κ1) is 20.2. The van der Waals surface area contributed by atoms with Gasteiger partial charge in [-0.25, -0.2) is 4.79 Å². The van der Waals surface area contributed by atoms with E-state index in [0.717, 1.165) is 30.4 Å². The zero-order chi connectivity index (χ0) is 20.1. The van der Waals surface area contributed by atoms with Gasteiger partial charge in [-0.3, -0.25) is 4.79 Å². The molecule has 1 N–H and O–H groups in total. The second kappa shape index (κ2) is 9.11. The summed E-state index contributed by atoms with van der Waals surface area (Å²) in [5.41, 5.74) is 2.07. The van der Waals surface area contributed by atoms with Gasteiger partial charge in [0.2, 0.25) is 5.91 Å². The van der Waals surface area contributed by atoms with Gasteiger partial charge in [0.05, 0.1) is 0 Å². The summed E-state index contributed by atoms with van der Waals surface area (Å²) in [5.74, 6) is 0.556. The van der Waals surface area contributed by atoms with Crippen molar-refractivity contribution in [2.75, 3.05) is 7.05 Å². The van der Waals surface area contributed by atoms with Gasteiger partial charge in [-0.2, -0.15) is 0 Å². The molecule has 2 aromatic carbocycles. The second-order valence-electron chi connectivity index (χ2n) is 7.10. The SMILES string of the molecule is CCC(=O)N[C@H]1CC[C@@H](N(C)C(=O)Oc2ccc(-c3ccc(Cl)cc3)cc2)C1. The quantitative estimate of drug-likeness (QED) is 0.777. The van der Waals surface area contributed by atoms with Crippen molar-refractivity contribution in [2.45, 2.75) is 44.7 Å². The summed E-state index contributed by atoms with van der Waals surface area (Å²) >= 11 is 5.92. The number of hydrogen-bond acceptors (Lipinski definition) is 3. The van der Waals surface area contributed by atoms with Crippen molar-refractivity contribution in [3.8, 4) is 16.9 Å². The van der Waals surface area contributed by atoms with E-state index in [0.29, 0.717) is 17.2 Å². The van der Waals surface area contributed by atoms with Gasteiger partial charge >= 0.3 is 6.09 Å². The molecule has 0 radical (unpaired) electrons. The lowest BCUT2D eigenvalue weighted by atomic mass is 10.1. The predicted octanol–water partition coefficient (Wildman–Crippen LogP) is 4.88. The molecule has 2 amide bonds. The maximum Gasteiger partial charge on any atom is 0.415 e. The third-order valence-corrected chi connectivity index (χ3v) is 5.42. The number of amides is 2. The molecule has 2 atom stereocenters. The van der Waals surface area contributed by atoms with E-state index in [1.165, 1.54) is 0 Å². The maximum atomic E-state index is 12.5. The lowest BCUT2D eigenvalue weighted by molar-refractivity contribution is -0.121. The number of carbonyl (C=O) groups excluding carboxylic acids is 2. The molecule has 1 fully saturated rings. The summed E-state index contributed by atoms with van der Waals surface area (Å²) in [6.07, 6.45) is 2.59. The van der Waals surface area contributed by atoms with Gasteiger partial charge in [0.15, 0.2) is 0 Å². The molecular formula is C22H25ClN2O3. The summed E-state index contributed by atoms with van der Waals surface area (Å²) in [7, 11) is 1.75. The topological polar surface area (TPSA) is 58.6 Å². The Kier molecular flexibility index (Phi) is 6.57. The Balaban J connectivity index is 1.55. The summed E-state index contributed by atoms with van der Waals surface area (Å²) in [5, 5.41) is 3.70. The Morgan fingerprint density at radius 1 is 1.07 bits per heavy atom. The standard InChI is InChI=1S/C22H25ClN2O3/c1-3-21(26)24-18-10-11-19(14-18)25(2)22(27)28-20-12-6-16(7-13-20)15-4-8-17(23)9-5-15/h4-9,12-13,18-19H,3,10-11,14H2,1-2H3,(H,24,26)/t18-,19+/m0/s1. The first-order valence-corrected chi connectivity index (χ1v) is 9.94. The molecule has 3 rings (SSSR count). The van der Waals surface area contributed by atoms with Crippen LogP contribution in [-0.2, 0) is 4.79 Å². The molecule has 0 aliphatic heterocycles. The highest BCUT2D eigenvalue weighted by molar-refractivity contribution is 6.30. The van der Waals surface area contributed by atoms with Crippen molar-refractivity contribution >= 4 is 23.6 Å². The fourth-order valence-corrected chi connectivity index (χ4v) is 3.58. The minimum absolute atomic E-state index is 0.0525. The summed E-state index contributed by atoms with van der Waals surface area (Å²) in [4.78, 5) is 25.7. The van der Waals surface area contributed by atoms with Crippen LogP contribution in [0.4, 0.5) is 4.79 Å². The van der Waals surface area contributed by atoms with Gasteiger partial charge in [-0.1, -0.05) is 42.8 Å². The van der Waals surface area contributed by atoms with Crippen molar-refractivity contribution in [2.24, 2.45) is 0 Å². The highest BCUT2D eigenvalue weighted by Crippen LogP contribution is 2.26. The summed E-state index contributed by atoms with van der Waals surface area (Å²) in [6.45, 7) is 1.84. The highest BCUT2D eigenvalue weighted by Gasteiger charge is 2.31. The van der Waals surface area contributed by atoms with E-state index in [1.54, 1.807) is 24.1 Å². The molecule has 5 nitrogen and oxygen atoms in total. The van der Waals surface area contributed by atoms with Crippen LogP contribution in [0, 0.1) is 0 Å². The minimum Gasteiger partial charge on any atom is -0.410 e. The number of ether oxygens (including phenoxy) is 1. The molecule has 0 bridgehead atoms. The van der Waals surface area contributed by atoms with Crippen LogP contribution in [-0.4, -0.2) is 36.0 Å².